The maximum absolute atomic E-state index is 12.2. The number of amides is 1. The Balaban J connectivity index is 0.00000264. The number of carbonyl (C=O) groups excluding carboxylic acids is 1. The quantitative estimate of drug-likeness (QED) is 0.782. The van der Waals surface area contributed by atoms with Crippen LogP contribution in [0.15, 0.2) is 12.1 Å². The zero-order valence-electron chi connectivity index (χ0n) is 14.0. The van der Waals surface area contributed by atoms with Gasteiger partial charge >= 0.3 is 0 Å². The van der Waals surface area contributed by atoms with Crippen LogP contribution >= 0.6 is 12.4 Å². The standard InChI is InChI=1S/C16H24N2O4.ClH/c1-18(15(19)10-17-9-11-5-6-11)12-7-13(20-2)16(22-4)14(8-12)21-3;/h7-8,11,17H,5-6,9-10H2,1-4H3;1H. The van der Waals surface area contributed by atoms with Crippen LogP contribution in [0.1, 0.15) is 12.8 Å². The highest BCUT2D eigenvalue weighted by Crippen LogP contribution is 2.40. The average molecular weight is 345 g/mol. The molecule has 0 unspecified atom stereocenters. The van der Waals surface area contributed by atoms with Gasteiger partial charge in [0.15, 0.2) is 11.5 Å². The summed E-state index contributed by atoms with van der Waals surface area (Å²) >= 11 is 0. The average Bonchev–Trinajstić information content (AvgIpc) is 3.36. The summed E-state index contributed by atoms with van der Waals surface area (Å²) in [5, 5.41) is 3.20. The largest absolute Gasteiger partial charge is 0.493 e. The van der Waals surface area contributed by atoms with Crippen molar-refractivity contribution in [3.63, 3.8) is 0 Å². The number of nitrogens with zero attached hydrogens (tertiary/aromatic N) is 1. The number of carbonyl (C=O) groups is 1. The van der Waals surface area contributed by atoms with Gasteiger partial charge in [-0.3, -0.25) is 4.79 Å². The molecule has 1 aromatic rings. The van der Waals surface area contributed by atoms with Crippen molar-refractivity contribution >= 4 is 24.0 Å². The molecule has 0 heterocycles. The lowest BCUT2D eigenvalue weighted by Gasteiger charge is -2.21. The van der Waals surface area contributed by atoms with Crippen molar-refractivity contribution in [2.24, 2.45) is 5.92 Å². The predicted octanol–water partition coefficient (Wildman–Crippen LogP) is 2.10. The Morgan fingerprint density at radius 2 is 1.74 bits per heavy atom. The van der Waals surface area contributed by atoms with E-state index in [0.29, 0.717) is 29.5 Å². The smallest absolute Gasteiger partial charge is 0.240 e. The Morgan fingerprint density at radius 3 is 2.17 bits per heavy atom. The van der Waals surface area contributed by atoms with E-state index in [1.807, 2.05) is 0 Å². The van der Waals surface area contributed by atoms with Gasteiger partial charge in [-0.25, -0.2) is 0 Å². The summed E-state index contributed by atoms with van der Waals surface area (Å²) < 4.78 is 15.9. The SMILES string of the molecule is COc1cc(N(C)C(=O)CNCC2CC2)cc(OC)c1OC.Cl. The van der Waals surface area contributed by atoms with Crippen molar-refractivity contribution < 1.29 is 19.0 Å². The molecule has 1 N–H and O–H groups in total. The number of anilines is 1. The summed E-state index contributed by atoms with van der Waals surface area (Å²) in [6.07, 6.45) is 2.54. The minimum Gasteiger partial charge on any atom is -0.493 e. The van der Waals surface area contributed by atoms with Crippen molar-refractivity contribution in [2.75, 3.05) is 46.4 Å². The van der Waals surface area contributed by atoms with Crippen LogP contribution in [0.3, 0.4) is 0 Å². The van der Waals surface area contributed by atoms with Gasteiger partial charge in [-0.2, -0.15) is 0 Å². The molecule has 0 aromatic heterocycles. The second-order valence-corrected chi connectivity index (χ2v) is 5.41. The molecule has 1 saturated carbocycles. The van der Waals surface area contributed by atoms with E-state index in [1.54, 1.807) is 45.4 Å². The highest BCUT2D eigenvalue weighted by molar-refractivity contribution is 5.95. The van der Waals surface area contributed by atoms with Crippen LogP contribution in [0.5, 0.6) is 17.2 Å². The van der Waals surface area contributed by atoms with Crippen LogP contribution < -0.4 is 24.4 Å². The number of hydrogen-bond donors (Lipinski definition) is 1. The Hall–Kier alpha value is -1.66. The summed E-state index contributed by atoms with van der Waals surface area (Å²) in [6, 6.07) is 3.53. The molecule has 0 spiro atoms. The molecule has 1 amide bonds. The lowest BCUT2D eigenvalue weighted by atomic mass is 10.2. The second kappa shape index (κ2) is 8.84. The van der Waals surface area contributed by atoms with Crippen molar-refractivity contribution in [3.8, 4) is 17.2 Å². The summed E-state index contributed by atoms with van der Waals surface area (Å²) in [4.78, 5) is 13.8. The number of benzene rings is 1. The normalized spacial score (nSPS) is 13.0. The topological polar surface area (TPSA) is 60.0 Å². The maximum atomic E-state index is 12.2. The minimum atomic E-state index is -0.00470. The second-order valence-electron chi connectivity index (χ2n) is 5.41. The van der Waals surface area contributed by atoms with Gasteiger partial charge in [0.25, 0.3) is 0 Å². The first-order chi connectivity index (χ1) is 10.6. The molecule has 7 heteroatoms. The van der Waals surface area contributed by atoms with Crippen molar-refractivity contribution in [1.82, 2.24) is 5.32 Å². The molecule has 130 valence electrons. The molecule has 23 heavy (non-hydrogen) atoms. The Kier molecular flexibility index (Phi) is 7.45. The zero-order valence-corrected chi connectivity index (χ0v) is 14.9. The number of nitrogens with one attached hydrogen (secondary N) is 1. The van der Waals surface area contributed by atoms with Gasteiger partial charge in [0.1, 0.15) is 0 Å². The van der Waals surface area contributed by atoms with Crippen LogP contribution in [-0.2, 0) is 4.79 Å². The molecule has 2 rings (SSSR count). The van der Waals surface area contributed by atoms with Gasteiger partial charge < -0.3 is 24.4 Å². The molecule has 1 aromatic carbocycles. The Morgan fingerprint density at radius 1 is 1.17 bits per heavy atom. The lowest BCUT2D eigenvalue weighted by molar-refractivity contribution is -0.117. The van der Waals surface area contributed by atoms with Crippen LogP contribution in [0, 0.1) is 5.92 Å². The number of hydrogen-bond acceptors (Lipinski definition) is 5. The van der Waals surface area contributed by atoms with Crippen LogP contribution in [0.2, 0.25) is 0 Å². The first-order valence-corrected chi connectivity index (χ1v) is 7.38. The molecule has 0 aliphatic heterocycles. The van der Waals surface area contributed by atoms with Gasteiger partial charge in [0.05, 0.1) is 33.6 Å². The fourth-order valence-electron chi connectivity index (χ4n) is 2.23. The molecule has 0 radical (unpaired) electrons. The van der Waals surface area contributed by atoms with Crippen molar-refractivity contribution in [3.05, 3.63) is 12.1 Å². The molecule has 0 atom stereocenters. The summed E-state index contributed by atoms with van der Waals surface area (Å²) in [6.45, 7) is 1.23. The van der Waals surface area contributed by atoms with Crippen LogP contribution in [0.4, 0.5) is 5.69 Å². The molecule has 0 saturated heterocycles. The third kappa shape index (κ3) is 4.91. The van der Waals surface area contributed by atoms with E-state index in [0.717, 1.165) is 12.5 Å². The minimum absolute atomic E-state index is 0. The van der Waals surface area contributed by atoms with E-state index in [9.17, 15) is 4.79 Å². The molecule has 1 aliphatic rings. The van der Waals surface area contributed by atoms with Gasteiger partial charge in [-0.05, 0) is 25.3 Å². The first-order valence-electron chi connectivity index (χ1n) is 7.38. The van der Waals surface area contributed by atoms with E-state index in [-0.39, 0.29) is 18.3 Å². The van der Waals surface area contributed by atoms with Gasteiger partial charge in [0, 0.05) is 19.2 Å². The van der Waals surface area contributed by atoms with Crippen LogP contribution in [0.25, 0.3) is 0 Å². The highest BCUT2D eigenvalue weighted by atomic mass is 35.5. The van der Waals surface area contributed by atoms with E-state index >= 15 is 0 Å². The molecule has 0 bridgehead atoms. The monoisotopic (exact) mass is 344 g/mol. The molecule has 1 fully saturated rings. The Labute approximate surface area is 143 Å². The number of rotatable bonds is 8. The summed E-state index contributed by atoms with van der Waals surface area (Å²) in [5.41, 5.74) is 0.702. The van der Waals surface area contributed by atoms with Crippen molar-refractivity contribution in [2.45, 2.75) is 12.8 Å². The van der Waals surface area contributed by atoms with Crippen molar-refractivity contribution in [1.29, 1.82) is 0 Å². The number of halogens is 1. The summed E-state index contributed by atoms with van der Waals surface area (Å²) in [7, 11) is 6.40. The summed E-state index contributed by atoms with van der Waals surface area (Å²) in [5.74, 6) is 2.32. The maximum Gasteiger partial charge on any atom is 0.240 e. The van der Waals surface area contributed by atoms with E-state index in [4.69, 9.17) is 14.2 Å². The van der Waals surface area contributed by atoms with Gasteiger partial charge in [-0.15, -0.1) is 12.4 Å². The fourth-order valence-corrected chi connectivity index (χ4v) is 2.23. The predicted molar refractivity (Wildman–Crippen MR) is 92.3 cm³/mol. The number of methoxy groups -OCH3 is 3. The van der Waals surface area contributed by atoms with Gasteiger partial charge in [0.2, 0.25) is 11.7 Å². The number of ether oxygens (including phenoxy) is 3. The lowest BCUT2D eigenvalue weighted by Crippen LogP contribution is -2.36. The fraction of sp³-hybridized carbons (Fsp3) is 0.562. The van der Waals surface area contributed by atoms with E-state index < -0.39 is 0 Å². The third-order valence-corrected chi connectivity index (χ3v) is 3.82. The van der Waals surface area contributed by atoms with E-state index in [1.165, 1.54) is 12.8 Å². The highest BCUT2D eigenvalue weighted by Gasteiger charge is 2.22. The zero-order chi connectivity index (χ0) is 16.1. The third-order valence-electron chi connectivity index (χ3n) is 3.82. The molecular formula is C16H25ClN2O4. The Bertz CT molecular complexity index is 510. The molecule has 6 nitrogen and oxygen atoms in total. The van der Waals surface area contributed by atoms with Crippen LogP contribution in [-0.4, -0.2) is 47.4 Å². The van der Waals surface area contributed by atoms with Gasteiger partial charge in [-0.1, -0.05) is 0 Å². The number of likely N-dealkylation sites (N-methyl/N-ethyl adjacent to an activating group) is 1. The van der Waals surface area contributed by atoms with E-state index in [2.05, 4.69) is 5.32 Å². The first kappa shape index (κ1) is 19.4. The molecule has 1 aliphatic carbocycles. The molecular weight excluding hydrogens is 320 g/mol.